The number of amides is 1. The molecular weight excluding hydrogens is 480 g/mol. The van der Waals surface area contributed by atoms with Gasteiger partial charge in [0.1, 0.15) is 24.5 Å². The van der Waals surface area contributed by atoms with Gasteiger partial charge in [0.25, 0.3) is 5.91 Å². The second-order valence-electron chi connectivity index (χ2n) is 7.63. The first-order chi connectivity index (χ1) is 16.2. The minimum absolute atomic E-state index is 0.0758. The summed E-state index contributed by atoms with van der Waals surface area (Å²) in [5.41, 5.74) is 3.52. The zero-order valence-corrected chi connectivity index (χ0v) is 19.3. The number of halogens is 1. The number of benzene rings is 3. The number of nitrogens with zero attached hydrogens (tertiary/aromatic N) is 3. The summed E-state index contributed by atoms with van der Waals surface area (Å²) >= 11 is 3.49. The smallest absolute Gasteiger partial charge is 0.250 e. The fraction of sp³-hybridized carbons (Fsp3) is 0.115. The van der Waals surface area contributed by atoms with Crippen molar-refractivity contribution in [3.8, 4) is 5.75 Å². The normalized spacial score (nSPS) is 13.1. The van der Waals surface area contributed by atoms with Crippen LogP contribution in [-0.2, 0) is 11.2 Å². The third kappa shape index (κ3) is 4.73. The molecule has 0 unspecified atom stereocenters. The molecule has 0 fully saturated rings. The van der Waals surface area contributed by atoms with Crippen LogP contribution in [0.5, 0.6) is 5.75 Å². The summed E-state index contributed by atoms with van der Waals surface area (Å²) in [6.07, 6.45) is 5.76. The van der Waals surface area contributed by atoms with Crippen LogP contribution in [0.15, 0.2) is 89.7 Å². The van der Waals surface area contributed by atoms with Crippen molar-refractivity contribution in [1.82, 2.24) is 9.97 Å². The van der Waals surface area contributed by atoms with Crippen LogP contribution in [0.3, 0.4) is 0 Å². The molecular formula is C26H21BrN4O2. The average molecular weight is 501 g/mol. The maximum absolute atomic E-state index is 13.0. The van der Waals surface area contributed by atoms with E-state index in [-0.39, 0.29) is 5.91 Å². The Hall–Kier alpha value is -3.71. The Kier molecular flexibility index (Phi) is 6.04. The Morgan fingerprint density at radius 3 is 2.82 bits per heavy atom. The van der Waals surface area contributed by atoms with Crippen molar-refractivity contribution < 1.29 is 9.53 Å². The van der Waals surface area contributed by atoms with Gasteiger partial charge in [0.05, 0.1) is 17.7 Å². The minimum atomic E-state index is -0.0758. The van der Waals surface area contributed by atoms with Gasteiger partial charge in [0, 0.05) is 21.6 Å². The van der Waals surface area contributed by atoms with Gasteiger partial charge in [-0.05, 0) is 42.3 Å². The van der Waals surface area contributed by atoms with E-state index in [9.17, 15) is 4.79 Å². The lowest BCUT2D eigenvalue weighted by atomic mass is 10.1. The SMILES string of the molecule is O=C(/C=C/Cc1ccccc1)N1CCOc2cc3ncnc(Nc4cccc(Br)c4)c3cc21. The van der Waals surface area contributed by atoms with E-state index < -0.39 is 0 Å². The van der Waals surface area contributed by atoms with E-state index in [4.69, 9.17) is 4.74 Å². The van der Waals surface area contributed by atoms with Gasteiger partial charge < -0.3 is 15.0 Å². The molecule has 0 spiro atoms. The van der Waals surface area contributed by atoms with Crippen LogP contribution in [0.4, 0.5) is 17.2 Å². The van der Waals surface area contributed by atoms with E-state index in [1.54, 1.807) is 11.0 Å². The third-order valence-electron chi connectivity index (χ3n) is 5.39. The number of anilines is 3. The Morgan fingerprint density at radius 1 is 1.09 bits per heavy atom. The fourth-order valence-corrected chi connectivity index (χ4v) is 4.20. The van der Waals surface area contributed by atoms with E-state index in [2.05, 4.69) is 31.2 Å². The highest BCUT2D eigenvalue weighted by molar-refractivity contribution is 9.10. The summed E-state index contributed by atoms with van der Waals surface area (Å²) in [5, 5.41) is 4.16. The lowest BCUT2D eigenvalue weighted by Crippen LogP contribution is -2.36. The van der Waals surface area contributed by atoms with Gasteiger partial charge in [-0.15, -0.1) is 0 Å². The summed E-state index contributed by atoms with van der Waals surface area (Å²) < 4.78 is 6.82. The van der Waals surface area contributed by atoms with Crippen LogP contribution in [0.25, 0.3) is 10.9 Å². The van der Waals surface area contributed by atoms with Crippen LogP contribution in [0, 0.1) is 0 Å². The van der Waals surface area contributed by atoms with Crippen molar-refractivity contribution in [3.63, 3.8) is 0 Å². The highest BCUT2D eigenvalue weighted by atomic mass is 79.9. The van der Waals surface area contributed by atoms with E-state index in [1.165, 1.54) is 6.33 Å². The molecule has 5 rings (SSSR count). The first kappa shape index (κ1) is 21.2. The monoisotopic (exact) mass is 500 g/mol. The third-order valence-corrected chi connectivity index (χ3v) is 5.88. The zero-order chi connectivity index (χ0) is 22.6. The molecule has 0 bridgehead atoms. The molecule has 2 heterocycles. The number of allylic oxidation sites excluding steroid dienone is 1. The number of carbonyl (C=O) groups excluding carboxylic acids is 1. The maximum Gasteiger partial charge on any atom is 0.250 e. The molecule has 1 aromatic heterocycles. The van der Waals surface area contributed by atoms with Crippen molar-refractivity contribution >= 4 is 49.9 Å². The fourth-order valence-electron chi connectivity index (χ4n) is 3.80. The van der Waals surface area contributed by atoms with Crippen molar-refractivity contribution in [2.45, 2.75) is 6.42 Å². The van der Waals surface area contributed by atoms with Crippen molar-refractivity contribution in [2.24, 2.45) is 0 Å². The summed E-state index contributed by atoms with van der Waals surface area (Å²) in [6.45, 7) is 0.917. The lowest BCUT2D eigenvalue weighted by Gasteiger charge is -2.29. The number of carbonyl (C=O) groups is 1. The van der Waals surface area contributed by atoms with Gasteiger partial charge in [0.15, 0.2) is 0 Å². The molecule has 7 heteroatoms. The van der Waals surface area contributed by atoms with Crippen molar-refractivity contribution in [2.75, 3.05) is 23.4 Å². The van der Waals surface area contributed by atoms with Crippen molar-refractivity contribution in [3.05, 3.63) is 95.2 Å². The predicted molar refractivity (Wildman–Crippen MR) is 134 cm³/mol. The molecule has 1 aliphatic rings. The van der Waals surface area contributed by atoms with Gasteiger partial charge in [-0.3, -0.25) is 4.79 Å². The molecule has 0 saturated carbocycles. The molecule has 0 saturated heterocycles. The number of hydrogen-bond donors (Lipinski definition) is 1. The van der Waals surface area contributed by atoms with Crippen molar-refractivity contribution in [1.29, 1.82) is 0 Å². The quantitative estimate of drug-likeness (QED) is 0.358. The first-order valence-electron chi connectivity index (χ1n) is 10.6. The Morgan fingerprint density at radius 2 is 1.97 bits per heavy atom. The van der Waals surface area contributed by atoms with Gasteiger partial charge >= 0.3 is 0 Å². The number of hydrogen-bond acceptors (Lipinski definition) is 5. The van der Waals surface area contributed by atoms with Crippen LogP contribution in [0.1, 0.15) is 5.56 Å². The molecule has 1 aliphatic heterocycles. The molecule has 0 atom stereocenters. The van der Waals surface area contributed by atoms with Crippen LogP contribution in [-0.4, -0.2) is 29.0 Å². The largest absolute Gasteiger partial charge is 0.489 e. The highest BCUT2D eigenvalue weighted by Crippen LogP contribution is 2.37. The molecule has 164 valence electrons. The Labute approximate surface area is 200 Å². The van der Waals surface area contributed by atoms with Gasteiger partial charge in [-0.25, -0.2) is 9.97 Å². The number of rotatable bonds is 5. The number of fused-ring (bicyclic) bond motifs is 2. The molecule has 3 aromatic carbocycles. The first-order valence-corrected chi connectivity index (χ1v) is 11.4. The molecule has 0 aliphatic carbocycles. The molecule has 0 radical (unpaired) electrons. The molecule has 6 nitrogen and oxygen atoms in total. The topological polar surface area (TPSA) is 67.4 Å². The number of nitrogens with one attached hydrogen (secondary N) is 1. The second-order valence-corrected chi connectivity index (χ2v) is 8.54. The predicted octanol–water partition coefficient (Wildman–Crippen LogP) is 5.66. The summed E-state index contributed by atoms with van der Waals surface area (Å²) in [6, 6.07) is 21.7. The van der Waals surface area contributed by atoms with Gasteiger partial charge in [-0.1, -0.05) is 58.4 Å². The Bertz CT molecular complexity index is 1340. The van der Waals surface area contributed by atoms with E-state index in [1.807, 2.05) is 72.8 Å². The lowest BCUT2D eigenvalue weighted by molar-refractivity contribution is -0.114. The summed E-state index contributed by atoms with van der Waals surface area (Å²) in [4.78, 5) is 23.6. The van der Waals surface area contributed by atoms with E-state index in [0.717, 1.165) is 32.3 Å². The minimum Gasteiger partial charge on any atom is -0.489 e. The van der Waals surface area contributed by atoms with Gasteiger partial charge in [0.2, 0.25) is 0 Å². The number of ether oxygens (including phenoxy) is 1. The van der Waals surface area contributed by atoms with Gasteiger partial charge in [-0.2, -0.15) is 0 Å². The molecule has 1 amide bonds. The average Bonchev–Trinajstić information content (AvgIpc) is 2.83. The Balaban J connectivity index is 1.45. The standard InChI is InChI=1S/C26H21BrN4O2/c27-19-9-5-10-20(14-19)30-26-21-15-23-24(16-22(21)28-17-29-26)33-13-12-31(23)25(32)11-4-8-18-6-2-1-3-7-18/h1-7,9-11,14-17H,8,12-13H2,(H,28,29,30)/b11-4+. The molecule has 1 N–H and O–H groups in total. The molecule has 33 heavy (non-hydrogen) atoms. The zero-order valence-electron chi connectivity index (χ0n) is 17.7. The maximum atomic E-state index is 13.0. The van der Waals surface area contributed by atoms with Crippen LogP contribution < -0.4 is 15.0 Å². The summed E-state index contributed by atoms with van der Waals surface area (Å²) in [7, 11) is 0. The van der Waals surface area contributed by atoms with E-state index >= 15 is 0 Å². The highest BCUT2D eigenvalue weighted by Gasteiger charge is 2.24. The second kappa shape index (κ2) is 9.42. The van der Waals surface area contributed by atoms with E-state index in [0.29, 0.717) is 31.1 Å². The van der Waals surface area contributed by atoms with Crippen LogP contribution in [0.2, 0.25) is 0 Å². The molecule has 4 aromatic rings. The van der Waals surface area contributed by atoms with Crippen LogP contribution >= 0.6 is 15.9 Å². The number of aromatic nitrogens is 2. The summed E-state index contributed by atoms with van der Waals surface area (Å²) in [5.74, 6) is 1.23.